The summed E-state index contributed by atoms with van der Waals surface area (Å²) in [6, 6.07) is 1.32. The average molecular weight is 190 g/mol. The molecule has 3 nitrogen and oxygen atoms in total. The zero-order valence-electron chi connectivity index (χ0n) is 6.30. The number of aldehydes is 1. The summed E-state index contributed by atoms with van der Waals surface area (Å²) >= 11 is 0. The minimum Gasteiger partial charge on any atom is -0.384 e. The molecule has 0 unspecified atom stereocenters. The molecule has 0 fully saturated rings. The van der Waals surface area contributed by atoms with Crippen molar-refractivity contribution in [2.45, 2.75) is 6.18 Å². The number of nitrogens with zero attached hydrogens (tertiary/aromatic N) is 1. The molecule has 13 heavy (non-hydrogen) atoms. The SMILES string of the molecule is Nc1cc(C(F)(F)F)cc(C=O)n1. The number of nitrogens with two attached hydrogens (primary N) is 1. The minimum atomic E-state index is -4.51. The van der Waals surface area contributed by atoms with Crippen LogP contribution in [-0.2, 0) is 6.18 Å². The fourth-order valence-electron chi connectivity index (χ4n) is 0.798. The normalized spacial score (nSPS) is 11.3. The molecule has 0 aliphatic carbocycles. The van der Waals surface area contributed by atoms with Gasteiger partial charge in [-0.15, -0.1) is 0 Å². The molecule has 0 saturated heterocycles. The molecule has 0 bridgehead atoms. The Bertz CT molecular complexity index is 335. The number of anilines is 1. The van der Waals surface area contributed by atoms with Gasteiger partial charge in [-0.1, -0.05) is 0 Å². The Labute approximate surface area is 71.4 Å². The highest BCUT2D eigenvalue weighted by Gasteiger charge is 2.31. The van der Waals surface area contributed by atoms with Crippen LogP contribution in [0.4, 0.5) is 19.0 Å². The van der Waals surface area contributed by atoms with Gasteiger partial charge in [0, 0.05) is 0 Å². The Hall–Kier alpha value is -1.59. The number of carbonyl (C=O) groups is 1. The van der Waals surface area contributed by atoms with Gasteiger partial charge in [-0.2, -0.15) is 13.2 Å². The van der Waals surface area contributed by atoms with Gasteiger partial charge >= 0.3 is 6.18 Å². The van der Waals surface area contributed by atoms with E-state index in [0.717, 1.165) is 0 Å². The number of hydrogen-bond donors (Lipinski definition) is 1. The van der Waals surface area contributed by atoms with E-state index in [-0.39, 0.29) is 17.8 Å². The molecule has 1 heterocycles. The highest BCUT2D eigenvalue weighted by molar-refractivity contribution is 5.73. The maximum Gasteiger partial charge on any atom is 0.416 e. The number of pyridine rings is 1. The molecule has 0 amide bonds. The number of nitrogen functional groups attached to an aromatic ring is 1. The van der Waals surface area contributed by atoms with Crippen molar-refractivity contribution in [2.24, 2.45) is 0 Å². The molecule has 0 saturated carbocycles. The monoisotopic (exact) mass is 190 g/mol. The number of carbonyl (C=O) groups excluding carboxylic acids is 1. The smallest absolute Gasteiger partial charge is 0.384 e. The Morgan fingerprint density at radius 1 is 1.38 bits per heavy atom. The van der Waals surface area contributed by atoms with E-state index in [1.54, 1.807) is 0 Å². The van der Waals surface area contributed by atoms with Crippen LogP contribution in [0, 0.1) is 0 Å². The number of halogens is 3. The molecule has 0 radical (unpaired) electrons. The highest BCUT2D eigenvalue weighted by atomic mass is 19.4. The minimum absolute atomic E-state index is 0.214. The van der Waals surface area contributed by atoms with E-state index >= 15 is 0 Å². The predicted molar refractivity (Wildman–Crippen MR) is 39.0 cm³/mol. The maximum absolute atomic E-state index is 12.1. The van der Waals surface area contributed by atoms with Gasteiger partial charge in [0.05, 0.1) is 5.56 Å². The lowest BCUT2D eigenvalue weighted by Crippen LogP contribution is -2.08. The summed E-state index contributed by atoms with van der Waals surface area (Å²) in [7, 11) is 0. The van der Waals surface area contributed by atoms with Crippen molar-refractivity contribution in [3.05, 3.63) is 23.4 Å². The largest absolute Gasteiger partial charge is 0.416 e. The van der Waals surface area contributed by atoms with E-state index in [0.29, 0.717) is 12.1 Å². The maximum atomic E-state index is 12.1. The zero-order chi connectivity index (χ0) is 10.1. The van der Waals surface area contributed by atoms with Crippen molar-refractivity contribution >= 4 is 12.1 Å². The molecule has 0 aliphatic rings. The molecule has 1 rings (SSSR count). The fraction of sp³-hybridized carbons (Fsp3) is 0.143. The molecule has 0 aliphatic heterocycles. The predicted octanol–water partition coefficient (Wildman–Crippen LogP) is 1.50. The number of hydrogen-bond acceptors (Lipinski definition) is 3. The van der Waals surface area contributed by atoms with Crippen LogP contribution in [0.3, 0.4) is 0 Å². The molecule has 0 spiro atoms. The average Bonchev–Trinajstić information content (AvgIpc) is 2.01. The van der Waals surface area contributed by atoms with Gasteiger partial charge in [-0.05, 0) is 12.1 Å². The highest BCUT2D eigenvalue weighted by Crippen LogP contribution is 2.29. The van der Waals surface area contributed by atoms with E-state index in [1.807, 2.05) is 0 Å². The summed E-state index contributed by atoms with van der Waals surface area (Å²) in [5.41, 5.74) is 3.76. The van der Waals surface area contributed by atoms with Crippen molar-refractivity contribution in [1.29, 1.82) is 0 Å². The van der Waals surface area contributed by atoms with Crippen LogP contribution < -0.4 is 5.73 Å². The molecular weight excluding hydrogens is 185 g/mol. The summed E-state index contributed by atoms with van der Waals surface area (Å²) in [5, 5.41) is 0. The van der Waals surface area contributed by atoms with Crippen molar-refractivity contribution < 1.29 is 18.0 Å². The topological polar surface area (TPSA) is 56.0 Å². The lowest BCUT2D eigenvalue weighted by atomic mass is 10.2. The molecule has 0 atom stereocenters. The van der Waals surface area contributed by atoms with E-state index in [4.69, 9.17) is 5.73 Å². The summed E-state index contributed by atoms with van der Waals surface area (Å²) in [5.74, 6) is -0.322. The molecule has 0 aromatic carbocycles. The standard InChI is InChI=1S/C7H5F3N2O/c8-7(9,10)4-1-5(3-13)12-6(11)2-4/h1-3H,(H2,11,12). The van der Waals surface area contributed by atoms with Crippen LogP contribution in [0.15, 0.2) is 12.1 Å². The second kappa shape index (κ2) is 3.04. The summed E-state index contributed by atoms with van der Waals surface area (Å²) in [6.45, 7) is 0. The van der Waals surface area contributed by atoms with Crippen molar-refractivity contribution in [3.8, 4) is 0 Å². The quantitative estimate of drug-likeness (QED) is 0.682. The van der Waals surface area contributed by atoms with E-state index in [9.17, 15) is 18.0 Å². The fourth-order valence-corrected chi connectivity index (χ4v) is 0.798. The third-order valence-corrected chi connectivity index (χ3v) is 1.31. The third kappa shape index (κ3) is 2.17. The zero-order valence-corrected chi connectivity index (χ0v) is 6.30. The van der Waals surface area contributed by atoms with Crippen LogP contribution in [-0.4, -0.2) is 11.3 Å². The second-order valence-corrected chi connectivity index (χ2v) is 2.32. The molecule has 70 valence electrons. The number of alkyl halides is 3. The number of aromatic nitrogens is 1. The van der Waals surface area contributed by atoms with E-state index < -0.39 is 11.7 Å². The Balaban J connectivity index is 3.24. The van der Waals surface area contributed by atoms with Gasteiger partial charge in [-0.3, -0.25) is 4.79 Å². The van der Waals surface area contributed by atoms with Gasteiger partial charge in [0.15, 0.2) is 6.29 Å². The summed E-state index contributed by atoms with van der Waals surface area (Å²) in [4.78, 5) is 13.5. The summed E-state index contributed by atoms with van der Waals surface area (Å²) < 4.78 is 36.3. The van der Waals surface area contributed by atoms with Gasteiger partial charge in [-0.25, -0.2) is 4.98 Å². The van der Waals surface area contributed by atoms with Gasteiger partial charge < -0.3 is 5.73 Å². The molecular formula is C7H5F3N2O. The molecule has 1 aromatic rings. The first-order chi connectivity index (χ1) is 5.93. The Morgan fingerprint density at radius 3 is 2.46 bits per heavy atom. The Morgan fingerprint density at radius 2 is 2.00 bits per heavy atom. The first kappa shape index (κ1) is 9.50. The lowest BCUT2D eigenvalue weighted by molar-refractivity contribution is -0.137. The molecule has 1 aromatic heterocycles. The Kier molecular flexibility index (Phi) is 2.22. The van der Waals surface area contributed by atoms with Crippen LogP contribution in [0.2, 0.25) is 0 Å². The van der Waals surface area contributed by atoms with E-state index in [1.165, 1.54) is 0 Å². The van der Waals surface area contributed by atoms with Crippen molar-refractivity contribution in [1.82, 2.24) is 4.98 Å². The van der Waals surface area contributed by atoms with Crippen molar-refractivity contribution in [3.63, 3.8) is 0 Å². The molecule has 2 N–H and O–H groups in total. The van der Waals surface area contributed by atoms with Crippen LogP contribution in [0.25, 0.3) is 0 Å². The van der Waals surface area contributed by atoms with Gasteiger partial charge in [0.25, 0.3) is 0 Å². The van der Waals surface area contributed by atoms with Crippen LogP contribution in [0.1, 0.15) is 16.1 Å². The van der Waals surface area contributed by atoms with Crippen LogP contribution >= 0.6 is 0 Å². The molecule has 6 heteroatoms. The third-order valence-electron chi connectivity index (χ3n) is 1.31. The first-order valence-electron chi connectivity index (χ1n) is 3.23. The number of rotatable bonds is 1. The first-order valence-corrected chi connectivity index (χ1v) is 3.23. The van der Waals surface area contributed by atoms with Crippen molar-refractivity contribution in [2.75, 3.05) is 5.73 Å². The summed E-state index contributed by atoms with van der Waals surface area (Å²) in [6.07, 6.45) is -4.29. The lowest BCUT2D eigenvalue weighted by Gasteiger charge is -2.06. The van der Waals surface area contributed by atoms with E-state index in [2.05, 4.69) is 4.98 Å². The second-order valence-electron chi connectivity index (χ2n) is 2.32. The van der Waals surface area contributed by atoms with Gasteiger partial charge in [0.2, 0.25) is 0 Å². The van der Waals surface area contributed by atoms with Crippen LogP contribution in [0.5, 0.6) is 0 Å². The van der Waals surface area contributed by atoms with Gasteiger partial charge in [0.1, 0.15) is 11.5 Å².